The van der Waals surface area contributed by atoms with Crippen LogP contribution in [0.2, 0.25) is 0 Å². The minimum Gasteiger partial charge on any atom is -0.406 e. The molecule has 9 nitrogen and oxygen atoms in total. The number of benzene rings is 2. The van der Waals surface area contributed by atoms with Gasteiger partial charge >= 0.3 is 6.36 Å². The third kappa shape index (κ3) is 6.04. The Morgan fingerprint density at radius 1 is 1.26 bits per heavy atom. The number of amides is 2. The van der Waals surface area contributed by atoms with E-state index in [1.807, 2.05) is 4.90 Å². The molecule has 1 fully saturated rings. The van der Waals surface area contributed by atoms with Crippen LogP contribution in [0.5, 0.6) is 5.75 Å². The molecule has 2 atom stereocenters. The number of likely N-dealkylation sites (N-methyl/N-ethyl adjacent to an activating group) is 1. The summed E-state index contributed by atoms with van der Waals surface area (Å²) in [6.07, 6.45) is -5.01. The molecule has 2 aromatic rings. The molecule has 1 saturated heterocycles. The van der Waals surface area contributed by atoms with Crippen LogP contribution >= 0.6 is 0 Å². The van der Waals surface area contributed by atoms with Crippen molar-refractivity contribution < 1.29 is 41.0 Å². The molecule has 0 radical (unpaired) electrons. The Hall–Kier alpha value is -3.16. The molecule has 2 aliphatic heterocycles. The van der Waals surface area contributed by atoms with Crippen molar-refractivity contribution >= 4 is 27.3 Å². The standard InChI is InChI=1S/C26H30F3N3O6S/c1-25(2)24(35)30-20-11-16(7-8-22(20)39(25,36)37)12-23(34)31(3)21(15-32-10-9-18(33)14-32)17-5-4-6-19(13-17)38-26(27,28)29/h4-8,11,13,18,21,33H,9-10,12,14-15H2,1-3H3,(H,30,35)/t18-,21?/m0/s1. The van der Waals surface area contributed by atoms with Crippen molar-refractivity contribution in [2.24, 2.45) is 0 Å². The van der Waals surface area contributed by atoms with E-state index in [-0.39, 0.29) is 29.5 Å². The molecule has 2 heterocycles. The molecule has 0 aliphatic carbocycles. The van der Waals surface area contributed by atoms with Crippen LogP contribution < -0.4 is 10.1 Å². The fraction of sp³-hybridized carbons (Fsp3) is 0.462. The SMILES string of the molecule is CN(C(=O)Cc1ccc2c(c1)NC(=O)C(C)(C)S2(=O)=O)C(CN1CC[C@H](O)C1)c1cccc(OC(F)(F)F)c1. The Morgan fingerprint density at radius 2 is 1.97 bits per heavy atom. The van der Waals surface area contributed by atoms with E-state index < -0.39 is 44.7 Å². The van der Waals surface area contributed by atoms with Crippen molar-refractivity contribution in [3.05, 3.63) is 53.6 Å². The maximum atomic E-state index is 13.4. The van der Waals surface area contributed by atoms with E-state index in [1.165, 1.54) is 62.2 Å². The van der Waals surface area contributed by atoms with Gasteiger partial charge in [-0.25, -0.2) is 8.42 Å². The number of anilines is 1. The normalized spacial score (nSPS) is 21.1. The molecule has 0 spiro atoms. The number of alkyl halides is 3. The van der Waals surface area contributed by atoms with Crippen LogP contribution in [-0.2, 0) is 25.8 Å². The molecular formula is C26H30F3N3O6S. The highest BCUT2D eigenvalue weighted by molar-refractivity contribution is 7.94. The quantitative estimate of drug-likeness (QED) is 0.527. The average Bonchev–Trinajstić information content (AvgIpc) is 3.25. The average molecular weight is 570 g/mol. The lowest BCUT2D eigenvalue weighted by atomic mass is 10.0. The second-order valence-electron chi connectivity index (χ2n) is 10.3. The summed E-state index contributed by atoms with van der Waals surface area (Å²) in [5.41, 5.74) is 0.956. The topological polar surface area (TPSA) is 116 Å². The van der Waals surface area contributed by atoms with Crippen molar-refractivity contribution in [2.45, 2.75) is 54.8 Å². The summed E-state index contributed by atoms with van der Waals surface area (Å²) in [4.78, 5) is 29.1. The second kappa shape index (κ2) is 10.4. The summed E-state index contributed by atoms with van der Waals surface area (Å²) >= 11 is 0. The Morgan fingerprint density at radius 3 is 2.62 bits per heavy atom. The third-order valence-electron chi connectivity index (χ3n) is 7.17. The molecule has 2 N–H and O–H groups in total. The van der Waals surface area contributed by atoms with Crippen LogP contribution in [-0.4, -0.2) is 79.0 Å². The zero-order valence-corrected chi connectivity index (χ0v) is 22.5. The Bertz CT molecular complexity index is 1380. The zero-order valence-electron chi connectivity index (χ0n) is 21.7. The predicted octanol–water partition coefficient (Wildman–Crippen LogP) is 2.90. The lowest BCUT2D eigenvalue weighted by Crippen LogP contribution is -2.48. The van der Waals surface area contributed by atoms with Crippen LogP contribution in [0.4, 0.5) is 18.9 Å². The van der Waals surface area contributed by atoms with E-state index in [2.05, 4.69) is 10.1 Å². The van der Waals surface area contributed by atoms with Gasteiger partial charge in [0.25, 0.3) is 0 Å². The number of ether oxygens (including phenoxy) is 1. The van der Waals surface area contributed by atoms with E-state index in [4.69, 9.17) is 0 Å². The number of nitrogens with zero attached hydrogens (tertiary/aromatic N) is 2. The number of carbonyl (C=O) groups excluding carboxylic acids is 2. The number of hydrogen-bond acceptors (Lipinski definition) is 7. The molecule has 2 aromatic carbocycles. The van der Waals surface area contributed by atoms with Crippen molar-refractivity contribution in [2.75, 3.05) is 32.0 Å². The highest BCUT2D eigenvalue weighted by Gasteiger charge is 2.47. The summed E-state index contributed by atoms with van der Waals surface area (Å²) in [7, 11) is -2.41. The Kier molecular flexibility index (Phi) is 7.71. The minimum absolute atomic E-state index is 0.0383. The highest BCUT2D eigenvalue weighted by atomic mass is 32.2. The number of halogens is 3. The smallest absolute Gasteiger partial charge is 0.406 e. The Balaban J connectivity index is 1.59. The van der Waals surface area contributed by atoms with Gasteiger partial charge < -0.3 is 20.1 Å². The second-order valence-corrected chi connectivity index (χ2v) is 12.8. The minimum atomic E-state index is -4.88. The van der Waals surface area contributed by atoms with Gasteiger partial charge in [0.1, 0.15) is 10.5 Å². The summed E-state index contributed by atoms with van der Waals surface area (Å²) in [5.74, 6) is -1.47. The highest BCUT2D eigenvalue weighted by Crippen LogP contribution is 2.37. The van der Waals surface area contributed by atoms with E-state index >= 15 is 0 Å². The van der Waals surface area contributed by atoms with Crippen LogP contribution in [0, 0.1) is 0 Å². The number of nitrogens with one attached hydrogen (secondary N) is 1. The fourth-order valence-electron chi connectivity index (χ4n) is 4.76. The molecule has 13 heteroatoms. The number of carbonyl (C=O) groups is 2. The first-order valence-electron chi connectivity index (χ1n) is 12.3. The fourth-order valence-corrected chi connectivity index (χ4v) is 6.25. The molecule has 212 valence electrons. The molecule has 2 amide bonds. The van der Waals surface area contributed by atoms with Gasteiger partial charge in [-0.1, -0.05) is 18.2 Å². The zero-order chi connectivity index (χ0) is 28.8. The number of fused-ring (bicyclic) bond motifs is 1. The number of sulfone groups is 1. The van der Waals surface area contributed by atoms with Crippen LogP contribution in [0.3, 0.4) is 0 Å². The van der Waals surface area contributed by atoms with Crippen molar-refractivity contribution in [3.8, 4) is 5.75 Å². The van der Waals surface area contributed by atoms with Gasteiger partial charge in [0.2, 0.25) is 11.8 Å². The number of aliphatic hydroxyl groups is 1. The first-order valence-corrected chi connectivity index (χ1v) is 13.8. The van der Waals surface area contributed by atoms with Gasteiger partial charge in [0, 0.05) is 26.7 Å². The maximum absolute atomic E-state index is 13.4. The summed E-state index contributed by atoms with van der Waals surface area (Å²) < 4.78 is 66.7. The number of aliphatic hydroxyl groups excluding tert-OH is 1. The largest absolute Gasteiger partial charge is 0.573 e. The molecule has 0 aromatic heterocycles. The summed E-state index contributed by atoms with van der Waals surface area (Å²) in [6, 6.07) is 9.05. The summed E-state index contributed by atoms with van der Waals surface area (Å²) in [5, 5.41) is 12.5. The van der Waals surface area contributed by atoms with E-state index in [1.54, 1.807) is 6.07 Å². The van der Waals surface area contributed by atoms with Crippen LogP contribution in [0.25, 0.3) is 0 Å². The molecule has 4 rings (SSSR count). The van der Waals surface area contributed by atoms with Gasteiger partial charge in [0.05, 0.1) is 29.1 Å². The van der Waals surface area contributed by atoms with Crippen LogP contribution in [0.1, 0.15) is 37.4 Å². The van der Waals surface area contributed by atoms with E-state index in [0.717, 1.165) is 0 Å². The number of rotatable bonds is 7. The van der Waals surface area contributed by atoms with E-state index in [9.17, 15) is 36.3 Å². The third-order valence-corrected chi connectivity index (χ3v) is 9.64. The number of hydrogen-bond donors (Lipinski definition) is 2. The first kappa shape index (κ1) is 28.8. The molecule has 39 heavy (non-hydrogen) atoms. The lowest BCUT2D eigenvalue weighted by molar-refractivity contribution is -0.274. The van der Waals surface area contributed by atoms with Gasteiger partial charge in [-0.2, -0.15) is 0 Å². The predicted molar refractivity (Wildman–Crippen MR) is 136 cm³/mol. The van der Waals surface area contributed by atoms with Crippen molar-refractivity contribution in [1.82, 2.24) is 9.80 Å². The van der Waals surface area contributed by atoms with Crippen molar-refractivity contribution in [1.29, 1.82) is 0 Å². The number of β-amino-alcohol motifs (C(OH)–C–C–N with tert-alkyl or cyclic N) is 1. The maximum Gasteiger partial charge on any atom is 0.573 e. The molecule has 1 unspecified atom stereocenters. The molecular weight excluding hydrogens is 539 g/mol. The monoisotopic (exact) mass is 569 g/mol. The lowest BCUT2D eigenvalue weighted by Gasteiger charge is -2.33. The molecule has 0 saturated carbocycles. The molecule has 0 bridgehead atoms. The van der Waals surface area contributed by atoms with Gasteiger partial charge in [-0.05, 0) is 55.7 Å². The Labute approximate surface area is 224 Å². The first-order chi connectivity index (χ1) is 18.1. The summed E-state index contributed by atoms with van der Waals surface area (Å²) in [6.45, 7) is 3.84. The van der Waals surface area contributed by atoms with E-state index in [0.29, 0.717) is 30.6 Å². The van der Waals surface area contributed by atoms with Gasteiger partial charge in [-0.15, -0.1) is 13.2 Å². The number of likely N-dealkylation sites (tertiary alicyclic amines) is 1. The van der Waals surface area contributed by atoms with Gasteiger partial charge in [0.15, 0.2) is 9.84 Å². The van der Waals surface area contributed by atoms with Gasteiger partial charge in [-0.3, -0.25) is 14.5 Å². The van der Waals surface area contributed by atoms with Crippen LogP contribution in [0.15, 0.2) is 47.4 Å². The van der Waals surface area contributed by atoms with Crippen molar-refractivity contribution in [3.63, 3.8) is 0 Å². The molecule has 2 aliphatic rings.